The molecule has 0 spiro atoms. The molecule has 0 aliphatic carbocycles. The molecule has 2 aromatic rings. The van der Waals surface area contributed by atoms with Crippen molar-refractivity contribution in [1.82, 2.24) is 10.2 Å². The number of nitrogens with one attached hydrogen (secondary N) is 1. The molecule has 9 nitrogen and oxygen atoms in total. The zero-order valence-corrected chi connectivity index (χ0v) is 18.5. The van der Waals surface area contributed by atoms with Gasteiger partial charge in [-0.3, -0.25) is 9.59 Å². The van der Waals surface area contributed by atoms with Crippen LogP contribution in [0.5, 0.6) is 0 Å². The van der Waals surface area contributed by atoms with Crippen molar-refractivity contribution in [3.05, 3.63) is 65.2 Å². The summed E-state index contributed by atoms with van der Waals surface area (Å²) in [5.41, 5.74) is 8.75. The van der Waals surface area contributed by atoms with Crippen molar-refractivity contribution in [2.45, 2.75) is 25.1 Å². The Morgan fingerprint density at radius 1 is 1.28 bits per heavy atom. The monoisotopic (exact) mass is 439 g/mol. The van der Waals surface area contributed by atoms with Crippen LogP contribution in [-0.4, -0.2) is 61.4 Å². The van der Waals surface area contributed by atoms with Crippen LogP contribution in [0, 0.1) is 0 Å². The van der Waals surface area contributed by atoms with Gasteiger partial charge in [0.2, 0.25) is 5.91 Å². The minimum absolute atomic E-state index is 0.247. The molecule has 9 heteroatoms. The van der Waals surface area contributed by atoms with Crippen LogP contribution in [0.15, 0.2) is 53.7 Å². The molecule has 1 fully saturated rings. The molecule has 4 N–H and O–H groups in total. The van der Waals surface area contributed by atoms with E-state index in [9.17, 15) is 14.7 Å². The van der Waals surface area contributed by atoms with Crippen LogP contribution in [0.1, 0.15) is 29.2 Å². The minimum atomic E-state index is -1.31. The summed E-state index contributed by atoms with van der Waals surface area (Å²) >= 11 is 0. The number of nitrogens with two attached hydrogens (primary N) is 1. The fourth-order valence-corrected chi connectivity index (χ4v) is 3.45. The van der Waals surface area contributed by atoms with E-state index in [0.29, 0.717) is 30.6 Å². The Kier molecular flexibility index (Phi) is 7.32. The number of hydrogen-bond acceptors (Lipinski definition) is 6. The summed E-state index contributed by atoms with van der Waals surface area (Å²) in [6, 6.07) is 13.8. The molecule has 170 valence electrons. The lowest BCUT2D eigenvalue weighted by Crippen LogP contribution is -2.59. The second kappa shape index (κ2) is 10.1. The number of amides is 2. The fourth-order valence-electron chi connectivity index (χ4n) is 3.45. The Balaban J connectivity index is 1.57. The Morgan fingerprint density at radius 2 is 2.00 bits per heavy atom. The molecule has 0 aromatic heterocycles. The predicted octanol–water partition coefficient (Wildman–Crippen LogP) is 0.970. The summed E-state index contributed by atoms with van der Waals surface area (Å²) in [7, 11) is 5.20. The van der Waals surface area contributed by atoms with Gasteiger partial charge in [0.05, 0.1) is 0 Å². The highest BCUT2D eigenvalue weighted by atomic mass is 16.6. The lowest BCUT2D eigenvalue weighted by molar-refractivity contribution is -0.154. The molecule has 1 saturated heterocycles. The second-order valence-electron chi connectivity index (χ2n) is 7.80. The molecular formula is C23H29N5O4. The maximum Gasteiger partial charge on any atom is 0.256 e. The first-order valence-electron chi connectivity index (χ1n) is 10.3. The quantitative estimate of drug-likeness (QED) is 0.320. The van der Waals surface area contributed by atoms with Gasteiger partial charge < -0.3 is 30.8 Å². The number of nitrogens with zero attached hydrogens (tertiary/aromatic N) is 3. The Labute approximate surface area is 187 Å². The van der Waals surface area contributed by atoms with Crippen LogP contribution in [0.4, 0.5) is 5.69 Å². The first-order valence-corrected chi connectivity index (χ1v) is 10.3. The van der Waals surface area contributed by atoms with Gasteiger partial charge in [0.1, 0.15) is 13.2 Å². The molecule has 0 bridgehead atoms. The van der Waals surface area contributed by atoms with Gasteiger partial charge in [0.15, 0.2) is 11.9 Å². The van der Waals surface area contributed by atoms with Crippen LogP contribution in [0.3, 0.4) is 0 Å². The van der Waals surface area contributed by atoms with Gasteiger partial charge in [0, 0.05) is 38.4 Å². The third kappa shape index (κ3) is 5.17. The summed E-state index contributed by atoms with van der Waals surface area (Å²) in [4.78, 5) is 33.4. The minimum Gasteiger partial charge on any atom is -0.397 e. The van der Waals surface area contributed by atoms with E-state index in [2.05, 4.69) is 15.3 Å². The maximum absolute atomic E-state index is 12.8. The Morgan fingerprint density at radius 3 is 2.59 bits per heavy atom. The van der Waals surface area contributed by atoms with E-state index in [1.165, 1.54) is 12.0 Å². The second-order valence-corrected chi connectivity index (χ2v) is 7.80. The standard InChI is InChI=1S/C23H29N5O4/c1-27(2)18-6-4-5-17(13-18)20(29)23(31)28-12-11-19(28)22(30)25-14-15-7-9-16(10-8-15)21(24)26-32-3/h4-10,13,19-20,29H,11-12,14H2,1-3H3,(H2,24,26)(H,25,30). The number of carbonyl (C=O) groups excluding carboxylic acids is 2. The van der Waals surface area contributed by atoms with Crippen molar-refractivity contribution < 1.29 is 19.5 Å². The van der Waals surface area contributed by atoms with Crippen molar-refractivity contribution >= 4 is 23.3 Å². The van der Waals surface area contributed by atoms with Crippen molar-refractivity contribution in [2.24, 2.45) is 10.9 Å². The van der Waals surface area contributed by atoms with E-state index < -0.39 is 18.1 Å². The smallest absolute Gasteiger partial charge is 0.256 e. The van der Waals surface area contributed by atoms with Crippen molar-refractivity contribution in [1.29, 1.82) is 0 Å². The first kappa shape index (κ1) is 23.1. The fraction of sp³-hybridized carbons (Fsp3) is 0.348. The molecule has 0 radical (unpaired) electrons. The van der Waals surface area contributed by atoms with E-state index >= 15 is 0 Å². The van der Waals surface area contributed by atoms with Crippen LogP contribution >= 0.6 is 0 Å². The van der Waals surface area contributed by atoms with Gasteiger partial charge in [-0.25, -0.2) is 0 Å². The molecule has 0 saturated carbocycles. The number of aliphatic hydroxyl groups is 1. The van der Waals surface area contributed by atoms with Gasteiger partial charge >= 0.3 is 0 Å². The normalized spacial score (nSPS) is 16.7. The average Bonchev–Trinajstić information content (AvgIpc) is 2.77. The Bertz CT molecular complexity index is 990. The number of oxime groups is 1. The SMILES string of the molecule is CO/N=C(\N)c1ccc(CNC(=O)C2CCN2C(=O)C(O)c2cccc(N(C)C)c2)cc1. The highest BCUT2D eigenvalue weighted by Crippen LogP contribution is 2.26. The molecule has 3 rings (SSSR count). The summed E-state index contributed by atoms with van der Waals surface area (Å²) in [5, 5.41) is 17.1. The molecule has 2 atom stereocenters. The third-order valence-electron chi connectivity index (χ3n) is 5.45. The number of aliphatic hydroxyl groups excluding tert-OH is 1. The highest BCUT2D eigenvalue weighted by molar-refractivity contribution is 5.97. The molecule has 2 aromatic carbocycles. The number of hydrogen-bond donors (Lipinski definition) is 3. The molecular weight excluding hydrogens is 410 g/mol. The average molecular weight is 440 g/mol. The molecule has 32 heavy (non-hydrogen) atoms. The highest BCUT2D eigenvalue weighted by Gasteiger charge is 2.40. The number of rotatable bonds is 8. The Hall–Kier alpha value is -3.59. The molecule has 1 aliphatic rings. The molecule has 1 aliphatic heterocycles. The lowest BCUT2D eigenvalue weighted by Gasteiger charge is -2.40. The van der Waals surface area contributed by atoms with E-state index in [1.807, 2.05) is 37.2 Å². The number of benzene rings is 2. The summed E-state index contributed by atoms with van der Waals surface area (Å²) in [6.07, 6.45) is -0.748. The van der Waals surface area contributed by atoms with Crippen LogP contribution in [-0.2, 0) is 21.0 Å². The maximum atomic E-state index is 12.8. The van der Waals surface area contributed by atoms with Crippen molar-refractivity contribution in [3.63, 3.8) is 0 Å². The first-order chi connectivity index (χ1) is 15.3. The zero-order chi connectivity index (χ0) is 23.3. The topological polar surface area (TPSA) is 120 Å². The van der Waals surface area contributed by atoms with Gasteiger partial charge in [-0.2, -0.15) is 0 Å². The molecule has 2 amide bonds. The lowest BCUT2D eigenvalue weighted by atomic mass is 9.98. The van der Waals surface area contributed by atoms with Gasteiger partial charge in [-0.15, -0.1) is 0 Å². The largest absolute Gasteiger partial charge is 0.397 e. The van der Waals surface area contributed by atoms with Gasteiger partial charge in [-0.1, -0.05) is 41.6 Å². The third-order valence-corrected chi connectivity index (χ3v) is 5.45. The number of amidine groups is 1. The van der Waals surface area contributed by atoms with Crippen molar-refractivity contribution in [3.8, 4) is 0 Å². The van der Waals surface area contributed by atoms with E-state index in [-0.39, 0.29) is 11.7 Å². The summed E-state index contributed by atoms with van der Waals surface area (Å²) in [6.45, 7) is 0.751. The summed E-state index contributed by atoms with van der Waals surface area (Å²) < 4.78 is 0. The van der Waals surface area contributed by atoms with E-state index in [1.54, 1.807) is 30.3 Å². The van der Waals surface area contributed by atoms with Crippen LogP contribution in [0.25, 0.3) is 0 Å². The summed E-state index contributed by atoms with van der Waals surface area (Å²) in [5.74, 6) is -0.450. The number of anilines is 1. The van der Waals surface area contributed by atoms with Crippen LogP contribution in [0.2, 0.25) is 0 Å². The predicted molar refractivity (Wildman–Crippen MR) is 122 cm³/mol. The molecule has 2 unspecified atom stereocenters. The van der Waals surface area contributed by atoms with E-state index in [4.69, 9.17) is 5.73 Å². The van der Waals surface area contributed by atoms with Crippen LogP contribution < -0.4 is 16.0 Å². The number of likely N-dealkylation sites (tertiary alicyclic amines) is 1. The number of carbonyl (C=O) groups is 2. The van der Waals surface area contributed by atoms with Crippen molar-refractivity contribution in [2.75, 3.05) is 32.6 Å². The van der Waals surface area contributed by atoms with Gasteiger partial charge in [-0.05, 0) is 29.7 Å². The van der Waals surface area contributed by atoms with E-state index in [0.717, 1.165) is 11.3 Å². The molecule has 1 heterocycles. The zero-order valence-electron chi connectivity index (χ0n) is 18.5. The van der Waals surface area contributed by atoms with Gasteiger partial charge in [0.25, 0.3) is 5.91 Å².